The van der Waals surface area contributed by atoms with Gasteiger partial charge in [-0.1, -0.05) is 272 Å². The first-order chi connectivity index (χ1) is 39.7. The van der Waals surface area contributed by atoms with Gasteiger partial charge in [0.25, 0.3) is 0 Å². The summed E-state index contributed by atoms with van der Waals surface area (Å²) in [4.78, 5) is 72.0. The SMILES string of the molecule is CCCCCCCCCCCCCCCCCC(=O)O[C@H](COC(=O)CCCCCCCCCCCC)COP(=O)(O)OC[C@@H](O)COP(=O)(O)OC[C@@H](COC(=O)CCCCCCCCC)OC(=O)CCCCCCCCCCCC. The fraction of sp³-hybridized carbons (Fsp3) is 0.937. The Morgan fingerprint density at radius 1 is 0.293 bits per heavy atom. The molecule has 2 unspecified atom stereocenters. The van der Waals surface area contributed by atoms with Crippen LogP contribution in [0.3, 0.4) is 0 Å². The van der Waals surface area contributed by atoms with Gasteiger partial charge in [0.2, 0.25) is 0 Å². The molecule has 0 saturated heterocycles. The van der Waals surface area contributed by atoms with Gasteiger partial charge in [0.05, 0.1) is 26.4 Å². The highest BCUT2D eigenvalue weighted by molar-refractivity contribution is 7.47. The van der Waals surface area contributed by atoms with Gasteiger partial charge >= 0.3 is 39.5 Å². The standard InChI is InChI=1S/C63H122O17P2/c1-5-9-13-17-21-24-27-28-29-30-31-34-38-42-46-50-63(68)80-59(54-74-61(66)48-44-40-36-32-25-22-18-14-10-6-2)56-78-82(71,72)76-52-57(64)51-75-81(69,70)77-55-58(53-73-60(65)47-43-39-35-20-16-12-8-4)79-62(67)49-45-41-37-33-26-23-19-15-11-7-3/h57-59,64H,5-56H2,1-4H3,(H,69,70)(H,71,72)/t57-,58+,59+/m0/s1. The van der Waals surface area contributed by atoms with Gasteiger partial charge in [-0.3, -0.25) is 37.3 Å². The van der Waals surface area contributed by atoms with Gasteiger partial charge in [0.15, 0.2) is 12.2 Å². The lowest BCUT2D eigenvalue weighted by Crippen LogP contribution is -2.30. The quantitative estimate of drug-likeness (QED) is 0.0222. The summed E-state index contributed by atoms with van der Waals surface area (Å²) in [6.07, 6.45) is 43.1. The number of ether oxygens (including phenoxy) is 4. The second kappa shape index (κ2) is 58.1. The molecular weight excluding hydrogens is 1090 g/mol. The first-order valence-electron chi connectivity index (χ1n) is 33.3. The van der Waals surface area contributed by atoms with Gasteiger partial charge in [0.1, 0.15) is 19.3 Å². The van der Waals surface area contributed by atoms with Crippen LogP contribution in [0.4, 0.5) is 0 Å². The van der Waals surface area contributed by atoms with Crippen LogP contribution in [-0.2, 0) is 65.4 Å². The second-order valence-electron chi connectivity index (χ2n) is 22.8. The minimum absolute atomic E-state index is 0.106. The Kier molecular flexibility index (Phi) is 56.7. The van der Waals surface area contributed by atoms with Crippen molar-refractivity contribution < 1.29 is 80.2 Å². The van der Waals surface area contributed by atoms with Crippen LogP contribution in [0.2, 0.25) is 0 Å². The minimum Gasteiger partial charge on any atom is -0.462 e. The number of carbonyl (C=O) groups excluding carboxylic acids is 4. The van der Waals surface area contributed by atoms with Gasteiger partial charge in [0, 0.05) is 25.7 Å². The molecular formula is C63H122O17P2. The molecule has 0 aliphatic heterocycles. The average Bonchev–Trinajstić information content (AvgIpc) is 3.45. The maximum Gasteiger partial charge on any atom is 0.472 e. The molecule has 0 amide bonds. The molecule has 0 aliphatic rings. The number of carbonyl (C=O) groups is 4. The topological polar surface area (TPSA) is 237 Å². The van der Waals surface area contributed by atoms with E-state index < -0.39 is 97.5 Å². The molecule has 82 heavy (non-hydrogen) atoms. The highest BCUT2D eigenvalue weighted by atomic mass is 31.2. The van der Waals surface area contributed by atoms with Crippen molar-refractivity contribution in [1.29, 1.82) is 0 Å². The highest BCUT2D eigenvalue weighted by Gasteiger charge is 2.30. The van der Waals surface area contributed by atoms with Crippen molar-refractivity contribution >= 4 is 39.5 Å². The molecule has 17 nitrogen and oxygen atoms in total. The predicted octanol–water partition coefficient (Wildman–Crippen LogP) is 17.5. The van der Waals surface area contributed by atoms with Gasteiger partial charge in [-0.15, -0.1) is 0 Å². The molecule has 19 heteroatoms. The lowest BCUT2D eigenvalue weighted by atomic mass is 10.0. The Balaban J connectivity index is 5.19. The van der Waals surface area contributed by atoms with E-state index in [0.717, 1.165) is 103 Å². The molecule has 5 atom stereocenters. The predicted molar refractivity (Wildman–Crippen MR) is 326 cm³/mol. The van der Waals surface area contributed by atoms with E-state index in [1.165, 1.54) is 141 Å². The molecule has 3 N–H and O–H groups in total. The molecule has 0 aromatic heterocycles. The number of phosphoric ester groups is 2. The number of aliphatic hydroxyl groups is 1. The molecule has 0 bridgehead atoms. The largest absolute Gasteiger partial charge is 0.472 e. The summed E-state index contributed by atoms with van der Waals surface area (Å²) in [6, 6.07) is 0. The summed E-state index contributed by atoms with van der Waals surface area (Å²) in [5.74, 6) is -2.14. The van der Waals surface area contributed by atoms with E-state index in [2.05, 4.69) is 27.7 Å². The van der Waals surface area contributed by atoms with E-state index in [4.69, 9.17) is 37.0 Å². The fourth-order valence-electron chi connectivity index (χ4n) is 9.46. The van der Waals surface area contributed by atoms with Crippen LogP contribution in [-0.4, -0.2) is 96.7 Å². The number of esters is 4. The van der Waals surface area contributed by atoms with Crippen molar-refractivity contribution in [2.24, 2.45) is 0 Å². The number of rotatable bonds is 64. The molecule has 0 saturated carbocycles. The third-order valence-electron chi connectivity index (χ3n) is 14.6. The number of phosphoric acid groups is 2. The van der Waals surface area contributed by atoms with Crippen molar-refractivity contribution in [2.45, 2.75) is 341 Å². The molecule has 0 spiro atoms. The van der Waals surface area contributed by atoms with Crippen LogP contribution in [0.25, 0.3) is 0 Å². The zero-order valence-corrected chi connectivity index (χ0v) is 54.2. The molecule has 0 rings (SSSR count). The first-order valence-corrected chi connectivity index (χ1v) is 36.3. The zero-order chi connectivity index (χ0) is 60.5. The van der Waals surface area contributed by atoms with Crippen LogP contribution in [0.15, 0.2) is 0 Å². The third-order valence-corrected chi connectivity index (χ3v) is 16.5. The van der Waals surface area contributed by atoms with E-state index in [1.807, 2.05) is 0 Å². The van der Waals surface area contributed by atoms with Gasteiger partial charge in [-0.2, -0.15) is 0 Å². The summed E-state index contributed by atoms with van der Waals surface area (Å²) in [6.45, 7) is 4.84. The van der Waals surface area contributed by atoms with Crippen molar-refractivity contribution in [1.82, 2.24) is 0 Å². The fourth-order valence-corrected chi connectivity index (χ4v) is 11.0. The maximum atomic E-state index is 13.0. The maximum absolute atomic E-state index is 13.0. The van der Waals surface area contributed by atoms with E-state index in [-0.39, 0.29) is 25.7 Å². The van der Waals surface area contributed by atoms with Crippen LogP contribution in [0.1, 0.15) is 323 Å². The Morgan fingerprint density at radius 2 is 0.488 bits per heavy atom. The van der Waals surface area contributed by atoms with E-state index in [1.54, 1.807) is 0 Å². The third kappa shape index (κ3) is 57.2. The van der Waals surface area contributed by atoms with Crippen molar-refractivity contribution in [3.05, 3.63) is 0 Å². The number of unbranched alkanes of at least 4 members (excludes halogenated alkanes) is 38. The second-order valence-corrected chi connectivity index (χ2v) is 25.7. The molecule has 0 fully saturated rings. The number of aliphatic hydroxyl groups excluding tert-OH is 1. The lowest BCUT2D eigenvalue weighted by Gasteiger charge is -2.21. The van der Waals surface area contributed by atoms with Crippen molar-refractivity contribution in [3.8, 4) is 0 Å². The van der Waals surface area contributed by atoms with Crippen LogP contribution < -0.4 is 0 Å². The summed E-state index contributed by atoms with van der Waals surface area (Å²) in [5, 5.41) is 10.5. The Hall–Kier alpha value is -1.94. The highest BCUT2D eigenvalue weighted by Crippen LogP contribution is 2.45. The van der Waals surface area contributed by atoms with E-state index >= 15 is 0 Å². The van der Waals surface area contributed by atoms with Crippen LogP contribution in [0.5, 0.6) is 0 Å². The Bertz CT molecular complexity index is 1590. The average molecular weight is 1210 g/mol. The normalized spacial score (nSPS) is 14.2. The number of hydrogen-bond donors (Lipinski definition) is 3. The van der Waals surface area contributed by atoms with Gasteiger partial charge in [-0.25, -0.2) is 9.13 Å². The zero-order valence-electron chi connectivity index (χ0n) is 52.5. The van der Waals surface area contributed by atoms with Gasteiger partial charge in [-0.05, 0) is 25.7 Å². The summed E-state index contributed by atoms with van der Waals surface area (Å²) >= 11 is 0. The summed E-state index contributed by atoms with van der Waals surface area (Å²) < 4.78 is 67.8. The molecule has 486 valence electrons. The van der Waals surface area contributed by atoms with Crippen molar-refractivity contribution in [3.63, 3.8) is 0 Å². The monoisotopic (exact) mass is 1210 g/mol. The molecule has 0 heterocycles. The van der Waals surface area contributed by atoms with Gasteiger partial charge < -0.3 is 33.8 Å². The summed E-state index contributed by atoms with van der Waals surface area (Å²) in [7, 11) is -9.88. The number of hydrogen-bond acceptors (Lipinski definition) is 15. The summed E-state index contributed by atoms with van der Waals surface area (Å²) in [5.41, 5.74) is 0. The minimum atomic E-state index is -4.94. The van der Waals surface area contributed by atoms with E-state index in [9.17, 15) is 43.2 Å². The Labute approximate surface area is 498 Å². The Morgan fingerprint density at radius 3 is 0.720 bits per heavy atom. The van der Waals surface area contributed by atoms with E-state index in [0.29, 0.717) is 25.7 Å². The first kappa shape index (κ1) is 80.1. The van der Waals surface area contributed by atoms with Crippen LogP contribution >= 0.6 is 15.6 Å². The van der Waals surface area contributed by atoms with Crippen molar-refractivity contribution in [2.75, 3.05) is 39.6 Å². The smallest absolute Gasteiger partial charge is 0.462 e. The molecule has 0 aromatic carbocycles. The molecule has 0 aromatic rings. The molecule has 0 aliphatic carbocycles. The molecule has 0 radical (unpaired) electrons. The van der Waals surface area contributed by atoms with Crippen LogP contribution in [0, 0.1) is 0 Å². The lowest BCUT2D eigenvalue weighted by molar-refractivity contribution is -0.161.